The lowest BCUT2D eigenvalue weighted by molar-refractivity contribution is -0.383. The van der Waals surface area contributed by atoms with Gasteiger partial charge in [-0.2, -0.15) is 0 Å². The van der Waals surface area contributed by atoms with E-state index < -0.39 is 4.92 Å². The lowest BCUT2D eigenvalue weighted by Crippen LogP contribution is -2.23. The smallest absolute Gasteiger partial charge is 0.295 e. The monoisotopic (exact) mass is 271 g/mol. The molecule has 1 N–H and O–H groups in total. The number of aromatic nitrogens is 1. The second-order valence-electron chi connectivity index (χ2n) is 4.24. The minimum atomic E-state index is -0.500. The Morgan fingerprint density at radius 3 is 2.95 bits per heavy atom. The first-order valence-electron chi connectivity index (χ1n) is 5.98. The average molecular weight is 271 g/mol. The van der Waals surface area contributed by atoms with Crippen molar-refractivity contribution in [3.05, 3.63) is 58.3 Å². The first kappa shape index (κ1) is 13.7. The first-order valence-corrected chi connectivity index (χ1v) is 5.98. The Labute approximate surface area is 115 Å². The molecule has 2 rings (SSSR count). The second-order valence-corrected chi connectivity index (χ2v) is 4.24. The summed E-state index contributed by atoms with van der Waals surface area (Å²) in [5, 5.41) is 14.2. The normalized spacial score (nSPS) is 10.2. The molecule has 0 bridgehead atoms. The molecule has 0 saturated carbocycles. The van der Waals surface area contributed by atoms with Crippen LogP contribution in [0.4, 0.5) is 5.69 Å². The van der Waals surface area contributed by atoms with Gasteiger partial charge in [-0.05, 0) is 13.0 Å². The van der Waals surface area contributed by atoms with Gasteiger partial charge in [-0.3, -0.25) is 14.9 Å². The molecule has 6 heteroatoms. The molecule has 1 aromatic carbocycles. The highest BCUT2D eigenvalue weighted by Crippen LogP contribution is 2.26. The molecule has 1 heterocycles. The molecule has 2 aromatic rings. The number of hydrogen-bond acceptors (Lipinski definition) is 4. The SMILES string of the molecule is C=CCNC(=O)c1cc(C)nc2c([N+](=O)[O-])cccc12. The van der Waals surface area contributed by atoms with Crippen molar-refractivity contribution in [2.45, 2.75) is 6.92 Å². The lowest BCUT2D eigenvalue weighted by Gasteiger charge is -2.08. The van der Waals surface area contributed by atoms with E-state index >= 15 is 0 Å². The number of para-hydroxylation sites is 1. The molecule has 0 aliphatic rings. The summed E-state index contributed by atoms with van der Waals surface area (Å²) >= 11 is 0. The third kappa shape index (κ3) is 2.49. The van der Waals surface area contributed by atoms with Crippen molar-refractivity contribution >= 4 is 22.5 Å². The molecule has 1 amide bonds. The molecule has 0 spiro atoms. The Morgan fingerprint density at radius 1 is 1.55 bits per heavy atom. The third-order valence-electron chi connectivity index (χ3n) is 2.79. The summed E-state index contributed by atoms with van der Waals surface area (Å²) in [7, 11) is 0. The molecule has 0 saturated heterocycles. The van der Waals surface area contributed by atoms with Gasteiger partial charge in [-0.1, -0.05) is 18.2 Å². The van der Waals surface area contributed by atoms with Gasteiger partial charge in [0.15, 0.2) is 0 Å². The first-order chi connectivity index (χ1) is 9.54. The summed E-state index contributed by atoms with van der Waals surface area (Å²) in [4.78, 5) is 26.8. The van der Waals surface area contributed by atoms with Crippen LogP contribution in [-0.4, -0.2) is 22.4 Å². The van der Waals surface area contributed by atoms with Crippen molar-refractivity contribution < 1.29 is 9.72 Å². The third-order valence-corrected chi connectivity index (χ3v) is 2.79. The number of non-ortho nitro benzene ring substituents is 1. The predicted octanol–water partition coefficient (Wildman–Crippen LogP) is 2.37. The zero-order valence-electron chi connectivity index (χ0n) is 10.9. The van der Waals surface area contributed by atoms with E-state index in [9.17, 15) is 14.9 Å². The van der Waals surface area contributed by atoms with Crippen LogP contribution in [0, 0.1) is 17.0 Å². The summed E-state index contributed by atoms with van der Waals surface area (Å²) in [5.74, 6) is -0.305. The number of nitrogens with one attached hydrogen (secondary N) is 1. The fourth-order valence-electron chi connectivity index (χ4n) is 1.96. The molecular weight excluding hydrogens is 258 g/mol. The molecule has 0 fully saturated rings. The minimum absolute atomic E-state index is 0.107. The Hall–Kier alpha value is -2.76. The highest BCUT2D eigenvalue weighted by molar-refractivity contribution is 6.08. The number of fused-ring (bicyclic) bond motifs is 1. The van der Waals surface area contributed by atoms with Crippen LogP contribution in [0.25, 0.3) is 10.9 Å². The number of nitro groups is 1. The molecule has 20 heavy (non-hydrogen) atoms. The van der Waals surface area contributed by atoms with E-state index in [-0.39, 0.29) is 17.1 Å². The van der Waals surface area contributed by atoms with E-state index in [1.54, 1.807) is 31.2 Å². The van der Waals surface area contributed by atoms with Crippen LogP contribution in [0.5, 0.6) is 0 Å². The van der Waals surface area contributed by atoms with E-state index in [1.807, 2.05) is 0 Å². The van der Waals surface area contributed by atoms with E-state index in [1.165, 1.54) is 6.07 Å². The standard InChI is InChI=1S/C14H13N3O3/c1-3-7-15-14(18)11-8-9(2)16-13-10(11)5-4-6-12(13)17(19)20/h3-6,8H,1,7H2,2H3,(H,15,18). The summed E-state index contributed by atoms with van der Waals surface area (Å²) in [6.07, 6.45) is 1.57. The molecule has 0 atom stereocenters. The van der Waals surface area contributed by atoms with Crippen LogP contribution in [0.2, 0.25) is 0 Å². The summed E-state index contributed by atoms with van der Waals surface area (Å²) in [5.41, 5.74) is 1.04. The van der Waals surface area contributed by atoms with E-state index in [2.05, 4.69) is 16.9 Å². The molecular formula is C14H13N3O3. The second kappa shape index (κ2) is 5.48. The summed E-state index contributed by atoms with van der Waals surface area (Å²) in [6, 6.07) is 6.18. The fraction of sp³-hybridized carbons (Fsp3) is 0.143. The molecule has 0 radical (unpaired) electrons. The Kier molecular flexibility index (Phi) is 3.74. The average Bonchev–Trinajstić information content (AvgIpc) is 2.42. The van der Waals surface area contributed by atoms with Gasteiger partial charge in [0.2, 0.25) is 0 Å². The van der Waals surface area contributed by atoms with Crippen LogP contribution in [0.3, 0.4) is 0 Å². The highest BCUT2D eigenvalue weighted by atomic mass is 16.6. The van der Waals surface area contributed by atoms with Crippen molar-refractivity contribution in [3.63, 3.8) is 0 Å². The van der Waals surface area contributed by atoms with Gasteiger partial charge >= 0.3 is 0 Å². The van der Waals surface area contributed by atoms with E-state index in [0.717, 1.165) is 0 Å². The van der Waals surface area contributed by atoms with Crippen molar-refractivity contribution in [1.82, 2.24) is 10.3 Å². The summed E-state index contributed by atoms with van der Waals surface area (Å²) in [6.45, 7) is 5.55. The van der Waals surface area contributed by atoms with Crippen LogP contribution in [0.15, 0.2) is 36.9 Å². The maximum absolute atomic E-state index is 12.1. The molecule has 6 nitrogen and oxygen atoms in total. The van der Waals surface area contributed by atoms with Gasteiger partial charge in [0.1, 0.15) is 5.52 Å². The van der Waals surface area contributed by atoms with E-state index in [4.69, 9.17) is 0 Å². The van der Waals surface area contributed by atoms with Gasteiger partial charge in [0.05, 0.1) is 10.5 Å². The van der Waals surface area contributed by atoms with Gasteiger partial charge < -0.3 is 5.32 Å². The number of pyridine rings is 1. The zero-order valence-corrected chi connectivity index (χ0v) is 10.9. The molecule has 1 aromatic heterocycles. The van der Waals surface area contributed by atoms with Crippen molar-refractivity contribution in [1.29, 1.82) is 0 Å². The Morgan fingerprint density at radius 2 is 2.30 bits per heavy atom. The quantitative estimate of drug-likeness (QED) is 0.525. The Bertz CT molecular complexity index is 710. The largest absolute Gasteiger partial charge is 0.349 e. The molecule has 0 aliphatic heterocycles. The van der Waals surface area contributed by atoms with Crippen molar-refractivity contribution in [2.75, 3.05) is 6.54 Å². The number of aryl methyl sites for hydroxylation is 1. The predicted molar refractivity (Wildman–Crippen MR) is 75.7 cm³/mol. The molecule has 0 unspecified atom stereocenters. The fourth-order valence-corrected chi connectivity index (χ4v) is 1.96. The summed E-state index contributed by atoms with van der Waals surface area (Å²) < 4.78 is 0. The number of benzene rings is 1. The van der Waals surface area contributed by atoms with Gasteiger partial charge in [-0.25, -0.2) is 4.98 Å². The maximum atomic E-state index is 12.1. The number of nitrogens with zero attached hydrogens (tertiary/aromatic N) is 2. The number of nitro benzene ring substituents is 1. The lowest BCUT2D eigenvalue weighted by atomic mass is 10.1. The van der Waals surface area contributed by atoms with Gasteiger partial charge in [-0.15, -0.1) is 6.58 Å². The van der Waals surface area contributed by atoms with Crippen LogP contribution in [-0.2, 0) is 0 Å². The molecule has 0 aliphatic carbocycles. The number of hydrogen-bond donors (Lipinski definition) is 1. The number of rotatable bonds is 4. The van der Waals surface area contributed by atoms with E-state index in [0.29, 0.717) is 23.2 Å². The number of carbonyl (C=O) groups is 1. The van der Waals surface area contributed by atoms with Gasteiger partial charge in [0.25, 0.3) is 11.6 Å². The van der Waals surface area contributed by atoms with Crippen molar-refractivity contribution in [2.24, 2.45) is 0 Å². The van der Waals surface area contributed by atoms with Gasteiger partial charge in [0, 0.05) is 23.7 Å². The maximum Gasteiger partial charge on any atom is 0.295 e. The van der Waals surface area contributed by atoms with Crippen LogP contribution >= 0.6 is 0 Å². The van der Waals surface area contributed by atoms with Crippen molar-refractivity contribution in [3.8, 4) is 0 Å². The van der Waals surface area contributed by atoms with Crippen LogP contribution < -0.4 is 5.32 Å². The minimum Gasteiger partial charge on any atom is -0.349 e. The highest BCUT2D eigenvalue weighted by Gasteiger charge is 2.18. The zero-order chi connectivity index (χ0) is 14.7. The molecule has 102 valence electrons. The Balaban J connectivity index is 2.66. The topological polar surface area (TPSA) is 85.1 Å². The number of amides is 1. The number of carbonyl (C=O) groups excluding carboxylic acids is 1. The van der Waals surface area contributed by atoms with Crippen LogP contribution in [0.1, 0.15) is 16.1 Å².